The average Bonchev–Trinajstić information content (AvgIpc) is 2.60. The zero-order valence-electron chi connectivity index (χ0n) is 14.3. The van der Waals surface area contributed by atoms with Gasteiger partial charge < -0.3 is 15.0 Å². The van der Waals surface area contributed by atoms with Crippen LogP contribution in [-0.2, 0) is 17.8 Å². The van der Waals surface area contributed by atoms with Crippen LogP contribution in [0.15, 0.2) is 53.3 Å². The number of methoxy groups -OCH3 is 1. The third-order valence-electron chi connectivity index (χ3n) is 4.08. The third kappa shape index (κ3) is 4.07. The lowest BCUT2D eigenvalue weighted by Gasteiger charge is -2.07. The average molecular weight is 336 g/mol. The molecule has 1 aromatic heterocycles. The summed E-state index contributed by atoms with van der Waals surface area (Å²) in [5, 5.41) is 3.75. The first-order chi connectivity index (χ1) is 12.0. The molecule has 5 heteroatoms. The van der Waals surface area contributed by atoms with E-state index in [-0.39, 0.29) is 24.4 Å². The summed E-state index contributed by atoms with van der Waals surface area (Å²) < 4.78 is 5.10. The number of H-pyrrole nitrogens is 1. The summed E-state index contributed by atoms with van der Waals surface area (Å²) >= 11 is 0. The van der Waals surface area contributed by atoms with Gasteiger partial charge in [-0.2, -0.15) is 0 Å². The highest BCUT2D eigenvalue weighted by molar-refractivity contribution is 5.80. The molecule has 0 atom stereocenters. The van der Waals surface area contributed by atoms with Crippen LogP contribution >= 0.6 is 0 Å². The summed E-state index contributed by atoms with van der Waals surface area (Å²) in [6.45, 7) is 2.18. The number of hydrogen-bond acceptors (Lipinski definition) is 3. The molecule has 128 valence electrons. The van der Waals surface area contributed by atoms with E-state index in [9.17, 15) is 9.59 Å². The Morgan fingerprint density at radius 3 is 2.60 bits per heavy atom. The Labute approximate surface area is 145 Å². The molecule has 0 fully saturated rings. The highest BCUT2D eigenvalue weighted by Gasteiger charge is 2.07. The molecule has 1 amide bonds. The molecule has 25 heavy (non-hydrogen) atoms. The monoisotopic (exact) mass is 336 g/mol. The van der Waals surface area contributed by atoms with Crippen LogP contribution in [0.1, 0.15) is 16.7 Å². The Kier molecular flexibility index (Phi) is 4.84. The van der Waals surface area contributed by atoms with Gasteiger partial charge in [0.05, 0.1) is 13.5 Å². The Morgan fingerprint density at radius 1 is 1.12 bits per heavy atom. The summed E-state index contributed by atoms with van der Waals surface area (Å²) in [4.78, 5) is 27.1. The molecular weight excluding hydrogens is 316 g/mol. The zero-order chi connectivity index (χ0) is 17.8. The molecule has 0 aliphatic heterocycles. The van der Waals surface area contributed by atoms with Crippen molar-refractivity contribution in [3.8, 4) is 5.75 Å². The number of aromatic amines is 1. The first-order valence-corrected chi connectivity index (χ1v) is 8.07. The standard InChI is InChI=1S/C20H20N2O3/c1-13-3-6-15-11-16(20(24)22-18(15)9-13)12-21-19(23)10-14-4-7-17(25-2)8-5-14/h3-9,11H,10,12H2,1-2H3,(H,21,23)(H,22,24). The van der Waals surface area contributed by atoms with Crippen LogP contribution in [-0.4, -0.2) is 18.0 Å². The van der Waals surface area contributed by atoms with Gasteiger partial charge in [-0.25, -0.2) is 0 Å². The number of rotatable bonds is 5. The maximum Gasteiger partial charge on any atom is 0.253 e. The maximum atomic E-state index is 12.2. The van der Waals surface area contributed by atoms with Gasteiger partial charge in [-0.05, 0) is 47.7 Å². The molecule has 0 saturated carbocycles. The summed E-state index contributed by atoms with van der Waals surface area (Å²) in [5.74, 6) is 0.621. The van der Waals surface area contributed by atoms with Crippen molar-refractivity contribution in [2.75, 3.05) is 7.11 Å². The number of aromatic nitrogens is 1. The normalized spacial score (nSPS) is 10.6. The van der Waals surface area contributed by atoms with Crippen molar-refractivity contribution in [2.24, 2.45) is 0 Å². The fourth-order valence-corrected chi connectivity index (χ4v) is 2.68. The first-order valence-electron chi connectivity index (χ1n) is 8.07. The number of nitrogens with one attached hydrogen (secondary N) is 2. The molecule has 3 aromatic rings. The van der Waals surface area contributed by atoms with E-state index < -0.39 is 0 Å². The predicted molar refractivity (Wildman–Crippen MR) is 97.9 cm³/mol. The molecule has 1 heterocycles. The number of fused-ring (bicyclic) bond motifs is 1. The van der Waals surface area contributed by atoms with Crippen LogP contribution in [0.3, 0.4) is 0 Å². The van der Waals surface area contributed by atoms with E-state index in [2.05, 4.69) is 10.3 Å². The minimum absolute atomic E-state index is 0.131. The van der Waals surface area contributed by atoms with Gasteiger partial charge in [-0.3, -0.25) is 9.59 Å². The van der Waals surface area contributed by atoms with Crippen LogP contribution in [0.2, 0.25) is 0 Å². The predicted octanol–water partition coefficient (Wildman–Crippen LogP) is 2.70. The van der Waals surface area contributed by atoms with E-state index in [0.29, 0.717) is 5.56 Å². The summed E-state index contributed by atoms with van der Waals surface area (Å²) in [6.07, 6.45) is 0.259. The summed E-state index contributed by atoms with van der Waals surface area (Å²) in [5.41, 5.74) is 3.14. The van der Waals surface area contributed by atoms with Gasteiger partial charge in [-0.15, -0.1) is 0 Å². The van der Waals surface area contributed by atoms with Crippen molar-refractivity contribution >= 4 is 16.8 Å². The molecule has 0 saturated heterocycles. The number of hydrogen-bond donors (Lipinski definition) is 2. The second-order valence-electron chi connectivity index (χ2n) is 6.02. The molecular formula is C20H20N2O3. The van der Waals surface area contributed by atoms with Gasteiger partial charge in [0.2, 0.25) is 5.91 Å². The highest BCUT2D eigenvalue weighted by Crippen LogP contribution is 2.13. The van der Waals surface area contributed by atoms with E-state index >= 15 is 0 Å². The Hall–Kier alpha value is -3.08. The molecule has 2 aromatic carbocycles. The summed E-state index contributed by atoms with van der Waals surface area (Å²) in [6, 6.07) is 15.0. The highest BCUT2D eigenvalue weighted by atomic mass is 16.5. The molecule has 0 aliphatic rings. The van der Waals surface area contributed by atoms with Crippen LogP contribution in [0.25, 0.3) is 10.9 Å². The van der Waals surface area contributed by atoms with Gasteiger partial charge >= 0.3 is 0 Å². The molecule has 5 nitrogen and oxygen atoms in total. The topological polar surface area (TPSA) is 71.2 Å². The number of pyridine rings is 1. The van der Waals surface area contributed by atoms with Crippen molar-refractivity contribution in [1.29, 1.82) is 0 Å². The number of carbonyl (C=O) groups is 1. The number of carbonyl (C=O) groups excluding carboxylic acids is 1. The fraction of sp³-hybridized carbons (Fsp3) is 0.200. The van der Waals surface area contributed by atoms with Crippen molar-refractivity contribution < 1.29 is 9.53 Å². The van der Waals surface area contributed by atoms with Crippen molar-refractivity contribution in [2.45, 2.75) is 19.9 Å². The van der Waals surface area contributed by atoms with E-state index in [1.807, 2.05) is 55.5 Å². The van der Waals surface area contributed by atoms with Crippen molar-refractivity contribution in [3.63, 3.8) is 0 Å². The van der Waals surface area contributed by atoms with E-state index in [4.69, 9.17) is 4.74 Å². The maximum absolute atomic E-state index is 12.2. The molecule has 0 bridgehead atoms. The SMILES string of the molecule is COc1ccc(CC(=O)NCc2cc3ccc(C)cc3[nH]c2=O)cc1. The second-order valence-corrected chi connectivity index (χ2v) is 6.02. The zero-order valence-corrected chi connectivity index (χ0v) is 14.3. The first kappa shape index (κ1) is 16.8. The molecule has 0 radical (unpaired) electrons. The smallest absolute Gasteiger partial charge is 0.253 e. The minimum atomic E-state index is -0.178. The van der Waals surface area contributed by atoms with E-state index in [1.54, 1.807) is 7.11 Å². The van der Waals surface area contributed by atoms with Gasteiger partial charge in [0, 0.05) is 17.6 Å². The minimum Gasteiger partial charge on any atom is -0.497 e. The lowest BCUT2D eigenvalue weighted by atomic mass is 10.1. The van der Waals surface area contributed by atoms with Crippen LogP contribution in [0.4, 0.5) is 0 Å². The van der Waals surface area contributed by atoms with Crippen LogP contribution < -0.4 is 15.6 Å². The molecule has 3 rings (SSSR count). The van der Waals surface area contributed by atoms with Crippen LogP contribution in [0, 0.1) is 6.92 Å². The van der Waals surface area contributed by atoms with Gasteiger partial charge in [0.15, 0.2) is 0 Å². The Morgan fingerprint density at radius 2 is 1.88 bits per heavy atom. The van der Waals surface area contributed by atoms with Crippen LogP contribution in [0.5, 0.6) is 5.75 Å². The molecule has 0 aliphatic carbocycles. The fourth-order valence-electron chi connectivity index (χ4n) is 2.68. The number of ether oxygens (including phenoxy) is 1. The molecule has 0 spiro atoms. The van der Waals surface area contributed by atoms with Gasteiger partial charge in [0.25, 0.3) is 5.56 Å². The Balaban J connectivity index is 1.67. The van der Waals surface area contributed by atoms with Gasteiger partial charge in [-0.1, -0.05) is 24.3 Å². The molecule has 2 N–H and O–H groups in total. The lowest BCUT2D eigenvalue weighted by Crippen LogP contribution is -2.27. The van der Waals surface area contributed by atoms with Crippen molar-refractivity contribution in [3.05, 3.63) is 75.6 Å². The number of amides is 1. The summed E-state index contributed by atoms with van der Waals surface area (Å²) in [7, 11) is 1.60. The third-order valence-corrected chi connectivity index (χ3v) is 4.08. The second kappa shape index (κ2) is 7.21. The number of benzene rings is 2. The van der Waals surface area contributed by atoms with E-state index in [0.717, 1.165) is 27.8 Å². The van der Waals surface area contributed by atoms with Crippen molar-refractivity contribution in [1.82, 2.24) is 10.3 Å². The quantitative estimate of drug-likeness (QED) is 0.752. The van der Waals surface area contributed by atoms with Gasteiger partial charge in [0.1, 0.15) is 5.75 Å². The molecule has 0 unspecified atom stereocenters. The Bertz CT molecular complexity index is 959. The number of aryl methyl sites for hydroxylation is 1. The largest absolute Gasteiger partial charge is 0.497 e. The lowest BCUT2D eigenvalue weighted by molar-refractivity contribution is -0.120. The van der Waals surface area contributed by atoms with E-state index in [1.165, 1.54) is 0 Å².